The molecule has 0 radical (unpaired) electrons. The minimum Gasteiger partial charge on any atom is -0.482 e. The van der Waals surface area contributed by atoms with Gasteiger partial charge in [-0.15, -0.1) is 11.3 Å². The molecule has 4 aromatic rings. The van der Waals surface area contributed by atoms with Gasteiger partial charge in [0.2, 0.25) is 0 Å². The second-order valence-electron chi connectivity index (χ2n) is 5.63. The molecule has 0 fully saturated rings. The molecule has 1 N–H and O–H groups in total. The number of rotatable bonds is 5. The van der Waals surface area contributed by atoms with E-state index in [1.165, 1.54) is 11.3 Å². The van der Waals surface area contributed by atoms with Crippen molar-refractivity contribution in [2.45, 2.75) is 0 Å². The van der Waals surface area contributed by atoms with E-state index >= 15 is 0 Å². The molecule has 6 nitrogen and oxygen atoms in total. The Labute approximate surface area is 158 Å². The third kappa shape index (κ3) is 3.66. The Balaban J connectivity index is 1.41. The van der Waals surface area contributed by atoms with Crippen LogP contribution in [0.5, 0.6) is 5.75 Å². The zero-order valence-corrected chi connectivity index (χ0v) is 14.8. The van der Waals surface area contributed by atoms with Crippen molar-refractivity contribution in [2.24, 2.45) is 0 Å². The van der Waals surface area contributed by atoms with E-state index in [1.54, 1.807) is 24.3 Å². The van der Waals surface area contributed by atoms with Crippen molar-refractivity contribution in [3.05, 3.63) is 65.5 Å². The highest BCUT2D eigenvalue weighted by Crippen LogP contribution is 2.30. The van der Waals surface area contributed by atoms with E-state index in [2.05, 4.69) is 10.3 Å². The van der Waals surface area contributed by atoms with Crippen molar-refractivity contribution < 1.29 is 13.9 Å². The molecular weight excluding hydrogens is 362 g/mol. The van der Waals surface area contributed by atoms with Crippen LogP contribution in [0.3, 0.4) is 0 Å². The third-order valence-corrected chi connectivity index (χ3v) is 4.55. The fourth-order valence-electron chi connectivity index (χ4n) is 2.54. The molecule has 0 saturated carbocycles. The molecule has 0 bridgehead atoms. The number of fused-ring (bicyclic) bond motifs is 1. The fourth-order valence-corrected chi connectivity index (χ4v) is 3.25. The summed E-state index contributed by atoms with van der Waals surface area (Å²) in [5, 5.41) is 15.0. The van der Waals surface area contributed by atoms with E-state index < -0.39 is 0 Å². The Morgan fingerprint density at radius 3 is 2.89 bits per heavy atom. The number of para-hydroxylation sites is 2. The van der Waals surface area contributed by atoms with Crippen LogP contribution in [0.1, 0.15) is 5.56 Å². The first-order valence-electron chi connectivity index (χ1n) is 8.09. The maximum atomic E-state index is 12.1. The van der Waals surface area contributed by atoms with Crippen LogP contribution in [0.15, 0.2) is 64.4 Å². The number of carbonyl (C=O) groups excluding carboxylic acids is 1. The number of benzene rings is 2. The lowest BCUT2D eigenvalue weighted by atomic mass is 10.2. The van der Waals surface area contributed by atoms with Gasteiger partial charge in [0.15, 0.2) is 17.5 Å². The van der Waals surface area contributed by atoms with Crippen LogP contribution in [0.2, 0.25) is 0 Å². The Morgan fingerprint density at radius 1 is 1.22 bits per heavy atom. The highest BCUT2D eigenvalue weighted by atomic mass is 32.1. The van der Waals surface area contributed by atoms with Crippen molar-refractivity contribution in [1.82, 2.24) is 4.98 Å². The SMILES string of the molecule is N#Cc1ccccc1OCC(=O)Nc1nc(-c2cc3ccccc3o2)cs1. The number of ether oxygens (including phenoxy) is 1. The number of hydrogen-bond donors (Lipinski definition) is 1. The highest BCUT2D eigenvalue weighted by molar-refractivity contribution is 7.14. The molecule has 0 atom stereocenters. The molecule has 132 valence electrons. The van der Waals surface area contributed by atoms with Crippen molar-refractivity contribution in [2.75, 3.05) is 11.9 Å². The number of nitriles is 1. The molecule has 7 heteroatoms. The van der Waals surface area contributed by atoms with Crippen LogP contribution >= 0.6 is 11.3 Å². The van der Waals surface area contributed by atoms with Gasteiger partial charge in [-0.1, -0.05) is 30.3 Å². The molecule has 2 aromatic carbocycles. The van der Waals surface area contributed by atoms with E-state index in [0.717, 1.165) is 11.0 Å². The minimum atomic E-state index is -0.353. The summed E-state index contributed by atoms with van der Waals surface area (Å²) >= 11 is 1.30. The van der Waals surface area contributed by atoms with E-state index in [1.807, 2.05) is 41.8 Å². The zero-order chi connectivity index (χ0) is 18.6. The summed E-state index contributed by atoms with van der Waals surface area (Å²) in [5.41, 5.74) is 1.82. The number of hydrogen-bond acceptors (Lipinski definition) is 6. The van der Waals surface area contributed by atoms with Crippen LogP contribution in [0, 0.1) is 11.3 Å². The average molecular weight is 375 g/mol. The molecule has 0 aliphatic rings. The van der Waals surface area contributed by atoms with Gasteiger partial charge in [0.05, 0.1) is 5.56 Å². The normalized spacial score (nSPS) is 10.5. The molecule has 4 rings (SSSR count). The summed E-state index contributed by atoms with van der Waals surface area (Å²) in [6.07, 6.45) is 0. The van der Waals surface area contributed by atoms with Crippen LogP contribution in [0.4, 0.5) is 5.13 Å². The summed E-state index contributed by atoms with van der Waals surface area (Å²) in [6, 6.07) is 18.4. The Hall–Kier alpha value is -3.63. The van der Waals surface area contributed by atoms with Crippen molar-refractivity contribution in [1.29, 1.82) is 5.26 Å². The average Bonchev–Trinajstić information content (AvgIpc) is 3.33. The van der Waals surface area contributed by atoms with Gasteiger partial charge in [-0.2, -0.15) is 5.26 Å². The summed E-state index contributed by atoms with van der Waals surface area (Å²) < 4.78 is 11.2. The summed E-state index contributed by atoms with van der Waals surface area (Å²) in [7, 11) is 0. The van der Waals surface area contributed by atoms with Crippen LogP contribution in [0.25, 0.3) is 22.4 Å². The monoisotopic (exact) mass is 375 g/mol. The van der Waals surface area contributed by atoms with E-state index in [9.17, 15) is 4.79 Å². The molecule has 2 heterocycles. The van der Waals surface area contributed by atoms with Gasteiger partial charge in [-0.3, -0.25) is 10.1 Å². The first-order valence-corrected chi connectivity index (χ1v) is 8.97. The van der Waals surface area contributed by atoms with Crippen LogP contribution in [-0.2, 0) is 4.79 Å². The van der Waals surface area contributed by atoms with Gasteiger partial charge in [0.1, 0.15) is 23.1 Å². The predicted molar refractivity (Wildman–Crippen MR) is 103 cm³/mol. The molecule has 0 aliphatic carbocycles. The topological polar surface area (TPSA) is 88.1 Å². The molecule has 0 unspecified atom stereocenters. The van der Waals surface area contributed by atoms with Gasteiger partial charge in [-0.25, -0.2) is 4.98 Å². The minimum absolute atomic E-state index is 0.210. The number of thiazole rings is 1. The van der Waals surface area contributed by atoms with E-state index in [0.29, 0.717) is 27.9 Å². The Bertz CT molecular complexity index is 1120. The maximum Gasteiger partial charge on any atom is 0.264 e. The standard InChI is InChI=1S/C20H13N3O3S/c21-10-14-6-2-3-7-16(14)25-11-19(24)23-20-22-15(12-27-20)18-9-13-5-1-4-8-17(13)26-18/h1-9,12H,11H2,(H,22,23,24). The molecule has 0 aliphatic heterocycles. The third-order valence-electron chi connectivity index (χ3n) is 3.79. The summed E-state index contributed by atoms with van der Waals surface area (Å²) in [6.45, 7) is -0.210. The maximum absolute atomic E-state index is 12.1. The number of nitrogens with zero attached hydrogens (tertiary/aromatic N) is 2. The zero-order valence-electron chi connectivity index (χ0n) is 14.0. The van der Waals surface area contributed by atoms with E-state index in [-0.39, 0.29) is 12.5 Å². The van der Waals surface area contributed by atoms with Gasteiger partial charge in [0.25, 0.3) is 5.91 Å². The number of amides is 1. The highest BCUT2D eigenvalue weighted by Gasteiger charge is 2.12. The molecule has 1 amide bonds. The largest absolute Gasteiger partial charge is 0.482 e. The van der Waals surface area contributed by atoms with Crippen LogP contribution < -0.4 is 10.1 Å². The van der Waals surface area contributed by atoms with Crippen molar-refractivity contribution in [3.8, 4) is 23.3 Å². The summed E-state index contributed by atoms with van der Waals surface area (Å²) in [4.78, 5) is 16.5. The first kappa shape index (κ1) is 16.8. The number of aromatic nitrogens is 1. The van der Waals surface area contributed by atoms with Gasteiger partial charge < -0.3 is 9.15 Å². The van der Waals surface area contributed by atoms with Gasteiger partial charge in [-0.05, 0) is 24.3 Å². The number of carbonyl (C=O) groups is 1. The molecule has 27 heavy (non-hydrogen) atoms. The Kier molecular flexibility index (Phi) is 4.56. The number of anilines is 1. The number of nitrogens with one attached hydrogen (secondary N) is 1. The van der Waals surface area contributed by atoms with Crippen LogP contribution in [-0.4, -0.2) is 17.5 Å². The lowest BCUT2D eigenvalue weighted by molar-refractivity contribution is -0.118. The van der Waals surface area contributed by atoms with Gasteiger partial charge in [0, 0.05) is 10.8 Å². The Morgan fingerprint density at radius 2 is 2.04 bits per heavy atom. The molecule has 0 spiro atoms. The smallest absolute Gasteiger partial charge is 0.264 e. The lowest BCUT2D eigenvalue weighted by Gasteiger charge is -2.06. The number of furan rings is 1. The molecule has 0 saturated heterocycles. The van der Waals surface area contributed by atoms with Gasteiger partial charge >= 0.3 is 0 Å². The molecular formula is C20H13N3O3S. The molecule has 2 aromatic heterocycles. The lowest BCUT2D eigenvalue weighted by Crippen LogP contribution is -2.20. The second-order valence-corrected chi connectivity index (χ2v) is 6.49. The van der Waals surface area contributed by atoms with E-state index in [4.69, 9.17) is 14.4 Å². The quantitative estimate of drug-likeness (QED) is 0.557. The van der Waals surface area contributed by atoms with Crippen molar-refractivity contribution >= 4 is 33.3 Å². The second kappa shape index (κ2) is 7.32. The summed E-state index contributed by atoms with van der Waals surface area (Å²) in [5.74, 6) is 0.664. The first-order chi connectivity index (χ1) is 13.2. The fraction of sp³-hybridized carbons (Fsp3) is 0.0500. The van der Waals surface area contributed by atoms with Crippen molar-refractivity contribution in [3.63, 3.8) is 0 Å². The predicted octanol–water partition coefficient (Wildman–Crippen LogP) is 4.45.